The highest BCUT2D eigenvalue weighted by Gasteiger charge is 2.62. The molecule has 2 atom stereocenters. The van der Waals surface area contributed by atoms with E-state index in [2.05, 4.69) is 23.7 Å². The zero-order valence-electron chi connectivity index (χ0n) is 9.16. The van der Waals surface area contributed by atoms with Gasteiger partial charge in [-0.3, -0.25) is 4.79 Å². The fourth-order valence-electron chi connectivity index (χ4n) is 2.95. The van der Waals surface area contributed by atoms with Gasteiger partial charge in [0.1, 0.15) is 5.82 Å². The summed E-state index contributed by atoms with van der Waals surface area (Å²) in [4.78, 5) is 16.4. The molecule has 80 valence electrons. The predicted octanol–water partition coefficient (Wildman–Crippen LogP) is 1.47. The van der Waals surface area contributed by atoms with Crippen LogP contribution in [0.3, 0.4) is 0 Å². The summed E-state index contributed by atoms with van der Waals surface area (Å²) in [5, 5.41) is 0. The maximum absolute atomic E-state index is 11.2. The summed E-state index contributed by atoms with van der Waals surface area (Å²) in [6, 6.07) is 5.37. The maximum atomic E-state index is 11.2. The van der Waals surface area contributed by atoms with Crippen LogP contribution in [0.5, 0.6) is 0 Å². The number of fused-ring (bicyclic) bond motifs is 1. The van der Waals surface area contributed by atoms with E-state index < -0.39 is 0 Å². The second-order valence-electron chi connectivity index (χ2n) is 5.34. The number of rotatable bonds is 1. The Morgan fingerprint density at radius 3 is 2.60 bits per heavy atom. The molecule has 1 N–H and O–H groups in total. The van der Waals surface area contributed by atoms with E-state index in [1.807, 2.05) is 12.1 Å². The monoisotopic (exact) mass is 204 g/mol. The van der Waals surface area contributed by atoms with Crippen molar-refractivity contribution in [1.29, 1.82) is 0 Å². The van der Waals surface area contributed by atoms with Crippen molar-refractivity contribution in [1.82, 2.24) is 4.98 Å². The number of hydrogen-bond donors (Lipinski definition) is 1. The highest BCUT2D eigenvalue weighted by Crippen LogP contribution is 2.62. The third-order valence-electron chi connectivity index (χ3n) is 4.22. The Hall–Kier alpha value is -1.25. The number of anilines is 1. The van der Waals surface area contributed by atoms with Gasteiger partial charge in [-0.15, -0.1) is 0 Å². The molecular weight excluding hydrogens is 188 g/mol. The van der Waals surface area contributed by atoms with Crippen molar-refractivity contribution in [3.05, 3.63) is 28.6 Å². The van der Waals surface area contributed by atoms with Crippen LogP contribution in [0.2, 0.25) is 0 Å². The van der Waals surface area contributed by atoms with Crippen molar-refractivity contribution >= 4 is 5.82 Å². The summed E-state index contributed by atoms with van der Waals surface area (Å²) >= 11 is 0. The zero-order chi connectivity index (χ0) is 10.6. The van der Waals surface area contributed by atoms with Gasteiger partial charge in [0.2, 0.25) is 5.56 Å². The summed E-state index contributed by atoms with van der Waals surface area (Å²) in [7, 11) is 0. The number of piperidine rings is 1. The molecular formula is C12H16N2O. The van der Waals surface area contributed by atoms with Gasteiger partial charge in [0.25, 0.3) is 0 Å². The van der Waals surface area contributed by atoms with Gasteiger partial charge in [-0.1, -0.05) is 19.9 Å². The van der Waals surface area contributed by atoms with Crippen LogP contribution < -0.4 is 10.5 Å². The minimum atomic E-state index is -0.00710. The molecule has 0 spiro atoms. The summed E-state index contributed by atoms with van der Waals surface area (Å²) < 4.78 is 0. The first-order chi connectivity index (χ1) is 7.09. The minimum absolute atomic E-state index is 0.00710. The highest BCUT2D eigenvalue weighted by molar-refractivity contribution is 5.42. The van der Waals surface area contributed by atoms with Crippen molar-refractivity contribution in [2.24, 2.45) is 17.3 Å². The van der Waals surface area contributed by atoms with E-state index in [0.717, 1.165) is 30.7 Å². The van der Waals surface area contributed by atoms with E-state index in [1.54, 1.807) is 6.07 Å². The van der Waals surface area contributed by atoms with E-state index in [4.69, 9.17) is 0 Å². The molecule has 1 aliphatic heterocycles. The Morgan fingerprint density at radius 2 is 2.00 bits per heavy atom. The van der Waals surface area contributed by atoms with Crippen molar-refractivity contribution in [3.8, 4) is 0 Å². The maximum Gasteiger partial charge on any atom is 0.249 e. The van der Waals surface area contributed by atoms with Gasteiger partial charge in [0.05, 0.1) is 0 Å². The molecule has 1 saturated heterocycles. The molecule has 2 fully saturated rings. The number of hydrogen-bond acceptors (Lipinski definition) is 2. The van der Waals surface area contributed by atoms with Crippen LogP contribution in [-0.2, 0) is 0 Å². The average Bonchev–Trinajstić information content (AvgIpc) is 2.63. The lowest BCUT2D eigenvalue weighted by Crippen LogP contribution is -2.28. The van der Waals surface area contributed by atoms with Crippen LogP contribution in [0, 0.1) is 17.3 Å². The van der Waals surface area contributed by atoms with Crippen LogP contribution >= 0.6 is 0 Å². The Labute approximate surface area is 89.1 Å². The predicted molar refractivity (Wildman–Crippen MR) is 60.0 cm³/mol. The van der Waals surface area contributed by atoms with E-state index in [-0.39, 0.29) is 5.56 Å². The van der Waals surface area contributed by atoms with Crippen LogP contribution in [0.1, 0.15) is 13.8 Å². The standard InChI is InChI=1S/C12H16N2O/c1-12(2)8-6-14(7-9(8)12)10-4-3-5-11(15)13-10/h3-5,8-9H,6-7H2,1-2H3,(H,13,15). The molecule has 1 aromatic rings. The lowest BCUT2D eigenvalue weighted by molar-refractivity contribution is 0.498. The topological polar surface area (TPSA) is 36.1 Å². The first kappa shape index (κ1) is 9.01. The number of pyridine rings is 1. The number of aromatic amines is 1. The smallest absolute Gasteiger partial charge is 0.249 e. The normalized spacial score (nSPS) is 31.5. The third kappa shape index (κ3) is 1.22. The molecule has 1 aliphatic carbocycles. The van der Waals surface area contributed by atoms with Crippen molar-refractivity contribution in [3.63, 3.8) is 0 Å². The van der Waals surface area contributed by atoms with Gasteiger partial charge in [0.15, 0.2) is 0 Å². The molecule has 2 aliphatic rings. The summed E-state index contributed by atoms with van der Waals surface area (Å²) in [6.07, 6.45) is 0. The fourth-order valence-corrected chi connectivity index (χ4v) is 2.95. The zero-order valence-corrected chi connectivity index (χ0v) is 9.16. The van der Waals surface area contributed by atoms with Crippen molar-refractivity contribution < 1.29 is 0 Å². The summed E-state index contributed by atoms with van der Waals surface area (Å²) in [5.74, 6) is 2.62. The Bertz CT molecular complexity index is 435. The van der Waals surface area contributed by atoms with E-state index >= 15 is 0 Å². The fraction of sp³-hybridized carbons (Fsp3) is 0.583. The number of aromatic nitrogens is 1. The van der Waals surface area contributed by atoms with Crippen LogP contribution in [0.25, 0.3) is 0 Å². The quantitative estimate of drug-likeness (QED) is 0.752. The first-order valence-electron chi connectivity index (χ1n) is 5.53. The highest BCUT2D eigenvalue weighted by atomic mass is 16.1. The lowest BCUT2D eigenvalue weighted by Gasteiger charge is -2.23. The van der Waals surface area contributed by atoms with Gasteiger partial charge in [-0.2, -0.15) is 0 Å². The van der Waals surface area contributed by atoms with Crippen LogP contribution in [0.15, 0.2) is 23.0 Å². The molecule has 2 heterocycles. The van der Waals surface area contributed by atoms with Gasteiger partial charge in [0, 0.05) is 19.2 Å². The Kier molecular flexibility index (Phi) is 1.59. The number of nitrogens with zero attached hydrogens (tertiary/aromatic N) is 1. The molecule has 0 bridgehead atoms. The Balaban J connectivity index is 1.80. The van der Waals surface area contributed by atoms with E-state index in [0.29, 0.717) is 5.41 Å². The number of nitrogens with one attached hydrogen (secondary N) is 1. The molecule has 0 radical (unpaired) electrons. The largest absolute Gasteiger partial charge is 0.357 e. The molecule has 1 saturated carbocycles. The van der Waals surface area contributed by atoms with Gasteiger partial charge < -0.3 is 9.88 Å². The summed E-state index contributed by atoms with van der Waals surface area (Å²) in [5.41, 5.74) is 0.526. The molecule has 3 nitrogen and oxygen atoms in total. The molecule has 0 aromatic carbocycles. The van der Waals surface area contributed by atoms with Crippen LogP contribution in [0.4, 0.5) is 5.82 Å². The lowest BCUT2D eigenvalue weighted by atomic mass is 10.1. The van der Waals surface area contributed by atoms with E-state index in [1.165, 1.54) is 0 Å². The van der Waals surface area contributed by atoms with Crippen molar-refractivity contribution in [2.75, 3.05) is 18.0 Å². The van der Waals surface area contributed by atoms with E-state index in [9.17, 15) is 4.79 Å². The molecule has 0 amide bonds. The summed E-state index contributed by atoms with van der Waals surface area (Å²) in [6.45, 7) is 6.87. The Morgan fingerprint density at radius 1 is 1.33 bits per heavy atom. The van der Waals surface area contributed by atoms with Gasteiger partial charge >= 0.3 is 0 Å². The first-order valence-corrected chi connectivity index (χ1v) is 5.53. The number of H-pyrrole nitrogens is 1. The molecule has 3 heteroatoms. The molecule has 15 heavy (non-hydrogen) atoms. The molecule has 1 aromatic heterocycles. The van der Waals surface area contributed by atoms with Crippen LogP contribution in [-0.4, -0.2) is 18.1 Å². The molecule has 2 unspecified atom stereocenters. The average molecular weight is 204 g/mol. The van der Waals surface area contributed by atoms with Crippen molar-refractivity contribution in [2.45, 2.75) is 13.8 Å². The second kappa shape index (κ2) is 2.65. The SMILES string of the molecule is CC1(C)C2CN(c3cccc(=O)[nH]3)CC21. The third-order valence-corrected chi connectivity index (χ3v) is 4.22. The van der Waals surface area contributed by atoms with Gasteiger partial charge in [-0.25, -0.2) is 0 Å². The second-order valence-corrected chi connectivity index (χ2v) is 5.34. The minimum Gasteiger partial charge on any atom is -0.357 e. The molecule has 3 rings (SSSR count). The van der Waals surface area contributed by atoms with Gasteiger partial charge in [-0.05, 0) is 23.3 Å².